The molecule has 0 spiro atoms. The molecule has 3 heterocycles. The molecule has 2 aliphatic heterocycles. The van der Waals surface area contributed by atoms with E-state index in [2.05, 4.69) is 15.5 Å². The summed E-state index contributed by atoms with van der Waals surface area (Å²) in [4.78, 5) is 27.5. The summed E-state index contributed by atoms with van der Waals surface area (Å²) in [6.07, 6.45) is 0.997. The van der Waals surface area contributed by atoms with Crippen LogP contribution in [0.4, 0.5) is 0 Å². The molecule has 32 heavy (non-hydrogen) atoms. The molecule has 0 unspecified atom stereocenters. The molecule has 0 fully saturated rings. The molecule has 164 valence electrons. The standard InChI is InChI=1S/C24H24N4O4/c1-15-2-4-16(5-3-15)11-22(29)28-9-8-19-18(13-28)23(27-26-19)24(30)25-12-17-6-7-20-21(10-17)32-14-31-20/h2-7,10H,8-9,11-14H2,1H3,(H,25,30)(H,26,27). The Morgan fingerprint density at radius 2 is 1.88 bits per heavy atom. The van der Waals surface area contributed by atoms with Gasteiger partial charge in [-0.1, -0.05) is 35.9 Å². The van der Waals surface area contributed by atoms with Crippen molar-refractivity contribution in [3.63, 3.8) is 0 Å². The topological polar surface area (TPSA) is 96.6 Å². The van der Waals surface area contributed by atoms with Gasteiger partial charge in [-0.25, -0.2) is 0 Å². The minimum absolute atomic E-state index is 0.0485. The lowest BCUT2D eigenvalue weighted by Gasteiger charge is -2.27. The van der Waals surface area contributed by atoms with Crippen LogP contribution in [0, 0.1) is 6.92 Å². The van der Waals surface area contributed by atoms with Crippen LogP contribution in [0.3, 0.4) is 0 Å². The number of H-pyrrole nitrogens is 1. The number of nitrogens with one attached hydrogen (secondary N) is 2. The highest BCUT2D eigenvalue weighted by atomic mass is 16.7. The van der Waals surface area contributed by atoms with Crippen LogP contribution in [0.5, 0.6) is 11.5 Å². The second kappa shape index (κ2) is 8.37. The Kier molecular flexibility index (Phi) is 5.26. The maximum atomic E-state index is 12.8. The second-order valence-corrected chi connectivity index (χ2v) is 8.13. The number of fused-ring (bicyclic) bond motifs is 2. The first kappa shape index (κ1) is 20.1. The molecule has 3 aromatic rings. The Balaban J connectivity index is 1.24. The molecule has 0 saturated carbocycles. The predicted octanol–water partition coefficient (Wildman–Crippen LogP) is 2.50. The number of ether oxygens (including phenoxy) is 2. The molecule has 2 amide bonds. The van der Waals surface area contributed by atoms with Gasteiger partial charge >= 0.3 is 0 Å². The highest BCUT2D eigenvalue weighted by Crippen LogP contribution is 2.32. The molecule has 1 aromatic heterocycles. The van der Waals surface area contributed by atoms with Gasteiger partial charge in [-0.15, -0.1) is 0 Å². The van der Waals surface area contributed by atoms with Crippen molar-refractivity contribution in [2.45, 2.75) is 32.9 Å². The van der Waals surface area contributed by atoms with Gasteiger partial charge in [0.25, 0.3) is 5.91 Å². The van der Waals surface area contributed by atoms with Crippen LogP contribution in [-0.4, -0.2) is 40.2 Å². The normalized spacial score (nSPS) is 14.2. The second-order valence-electron chi connectivity index (χ2n) is 8.13. The summed E-state index contributed by atoms with van der Waals surface area (Å²) < 4.78 is 10.7. The number of aromatic nitrogens is 2. The van der Waals surface area contributed by atoms with Gasteiger partial charge in [0.15, 0.2) is 17.2 Å². The molecule has 0 saturated heterocycles. The minimum Gasteiger partial charge on any atom is -0.454 e. The number of aromatic amines is 1. The summed E-state index contributed by atoms with van der Waals surface area (Å²) in [6, 6.07) is 13.6. The van der Waals surface area contributed by atoms with E-state index in [-0.39, 0.29) is 18.6 Å². The number of rotatable bonds is 5. The van der Waals surface area contributed by atoms with E-state index in [4.69, 9.17) is 9.47 Å². The molecular weight excluding hydrogens is 408 g/mol. The maximum Gasteiger partial charge on any atom is 0.272 e. The highest BCUT2D eigenvalue weighted by Gasteiger charge is 2.27. The van der Waals surface area contributed by atoms with Crippen LogP contribution in [0.25, 0.3) is 0 Å². The predicted molar refractivity (Wildman–Crippen MR) is 116 cm³/mol. The van der Waals surface area contributed by atoms with Crippen molar-refractivity contribution >= 4 is 11.8 Å². The van der Waals surface area contributed by atoms with Crippen molar-refractivity contribution in [2.75, 3.05) is 13.3 Å². The third-order valence-electron chi connectivity index (χ3n) is 5.87. The quantitative estimate of drug-likeness (QED) is 0.646. The third kappa shape index (κ3) is 4.03. The Hall–Kier alpha value is -3.81. The Morgan fingerprint density at radius 1 is 1.09 bits per heavy atom. The van der Waals surface area contributed by atoms with Crippen LogP contribution in [0.2, 0.25) is 0 Å². The molecular formula is C24H24N4O4. The van der Waals surface area contributed by atoms with Crippen molar-refractivity contribution < 1.29 is 19.1 Å². The van der Waals surface area contributed by atoms with Crippen LogP contribution in [0.15, 0.2) is 42.5 Å². The minimum atomic E-state index is -0.270. The zero-order valence-corrected chi connectivity index (χ0v) is 17.8. The number of hydrogen-bond acceptors (Lipinski definition) is 5. The number of carbonyl (C=O) groups is 2. The van der Waals surface area contributed by atoms with E-state index in [1.807, 2.05) is 49.4 Å². The van der Waals surface area contributed by atoms with Crippen LogP contribution in [-0.2, 0) is 30.7 Å². The summed E-state index contributed by atoms with van der Waals surface area (Å²) in [7, 11) is 0. The molecule has 0 bridgehead atoms. The Bertz CT molecular complexity index is 1170. The van der Waals surface area contributed by atoms with Crippen molar-refractivity contribution in [1.82, 2.24) is 20.4 Å². The van der Waals surface area contributed by atoms with Gasteiger partial charge in [0.1, 0.15) is 0 Å². The Morgan fingerprint density at radius 3 is 2.72 bits per heavy atom. The van der Waals surface area contributed by atoms with E-state index in [9.17, 15) is 9.59 Å². The first-order chi connectivity index (χ1) is 15.6. The average molecular weight is 432 g/mol. The summed E-state index contributed by atoms with van der Waals surface area (Å²) in [5, 5.41) is 10.1. The van der Waals surface area contributed by atoms with E-state index >= 15 is 0 Å². The lowest BCUT2D eigenvalue weighted by molar-refractivity contribution is -0.131. The summed E-state index contributed by atoms with van der Waals surface area (Å²) in [6.45, 7) is 3.56. The van der Waals surface area contributed by atoms with Crippen LogP contribution >= 0.6 is 0 Å². The number of benzene rings is 2. The van der Waals surface area contributed by atoms with E-state index in [1.165, 1.54) is 5.56 Å². The number of carbonyl (C=O) groups excluding carboxylic acids is 2. The lowest BCUT2D eigenvalue weighted by Crippen LogP contribution is -2.37. The van der Waals surface area contributed by atoms with E-state index in [1.54, 1.807) is 4.90 Å². The van der Waals surface area contributed by atoms with Crippen LogP contribution in [0.1, 0.15) is 38.4 Å². The molecule has 2 aliphatic rings. The van der Waals surface area contributed by atoms with Crippen molar-refractivity contribution in [2.24, 2.45) is 0 Å². The van der Waals surface area contributed by atoms with Gasteiger partial charge in [-0.2, -0.15) is 5.10 Å². The van der Waals surface area contributed by atoms with Gasteiger partial charge in [-0.3, -0.25) is 14.7 Å². The summed E-state index contributed by atoms with van der Waals surface area (Å²) in [5.74, 6) is 1.16. The fourth-order valence-electron chi connectivity index (χ4n) is 4.01. The number of hydrogen-bond donors (Lipinski definition) is 2. The monoisotopic (exact) mass is 432 g/mol. The van der Waals surface area contributed by atoms with Gasteiger partial charge in [0.2, 0.25) is 12.7 Å². The fraction of sp³-hybridized carbons (Fsp3) is 0.292. The van der Waals surface area contributed by atoms with E-state index in [0.717, 1.165) is 22.4 Å². The first-order valence-corrected chi connectivity index (χ1v) is 10.6. The van der Waals surface area contributed by atoms with E-state index in [0.29, 0.717) is 49.7 Å². The lowest BCUT2D eigenvalue weighted by atomic mass is 10.0. The van der Waals surface area contributed by atoms with Gasteiger partial charge in [0.05, 0.1) is 6.42 Å². The molecule has 0 atom stereocenters. The average Bonchev–Trinajstić information content (AvgIpc) is 3.45. The van der Waals surface area contributed by atoms with Gasteiger partial charge in [0, 0.05) is 37.3 Å². The number of nitrogens with zero attached hydrogens (tertiary/aromatic N) is 2. The van der Waals surface area contributed by atoms with E-state index < -0.39 is 0 Å². The van der Waals surface area contributed by atoms with Crippen molar-refractivity contribution in [3.8, 4) is 11.5 Å². The van der Waals surface area contributed by atoms with Gasteiger partial charge < -0.3 is 19.7 Å². The smallest absolute Gasteiger partial charge is 0.272 e. The summed E-state index contributed by atoms with van der Waals surface area (Å²) >= 11 is 0. The highest BCUT2D eigenvalue weighted by molar-refractivity contribution is 5.94. The molecule has 8 heteroatoms. The molecule has 8 nitrogen and oxygen atoms in total. The van der Waals surface area contributed by atoms with Crippen molar-refractivity contribution in [1.29, 1.82) is 0 Å². The molecule has 0 radical (unpaired) electrons. The zero-order valence-electron chi connectivity index (χ0n) is 17.8. The molecule has 2 N–H and O–H groups in total. The van der Waals surface area contributed by atoms with Gasteiger partial charge in [-0.05, 0) is 30.2 Å². The Labute approximate surface area is 185 Å². The van der Waals surface area contributed by atoms with Crippen molar-refractivity contribution in [3.05, 3.63) is 76.1 Å². The first-order valence-electron chi connectivity index (χ1n) is 10.6. The molecule has 2 aromatic carbocycles. The molecule has 5 rings (SSSR count). The largest absolute Gasteiger partial charge is 0.454 e. The zero-order chi connectivity index (χ0) is 22.1. The SMILES string of the molecule is Cc1ccc(CC(=O)N2CCc3[nH]nc(C(=O)NCc4ccc5c(c4)OCO5)c3C2)cc1. The molecule has 0 aliphatic carbocycles. The van der Waals surface area contributed by atoms with Crippen LogP contribution < -0.4 is 14.8 Å². The summed E-state index contributed by atoms with van der Waals surface area (Å²) in [5.41, 5.74) is 5.10. The fourth-order valence-corrected chi connectivity index (χ4v) is 4.01. The third-order valence-corrected chi connectivity index (χ3v) is 5.87. The number of aryl methyl sites for hydroxylation is 1. The number of amides is 2. The maximum absolute atomic E-state index is 12.8.